The van der Waals surface area contributed by atoms with E-state index in [-0.39, 0.29) is 19.2 Å². The number of hydrogen-bond donors (Lipinski definition) is 2. The lowest BCUT2D eigenvalue weighted by molar-refractivity contribution is -0.121. The third-order valence-corrected chi connectivity index (χ3v) is 4.52. The highest BCUT2D eigenvalue weighted by Gasteiger charge is 2.16. The van der Waals surface area contributed by atoms with Crippen LogP contribution in [0.5, 0.6) is 11.5 Å². The van der Waals surface area contributed by atoms with Gasteiger partial charge in [0.05, 0.1) is 6.54 Å². The number of fused-ring (bicyclic) bond motifs is 1. The van der Waals surface area contributed by atoms with Gasteiger partial charge in [0.15, 0.2) is 11.5 Å². The number of carbonyl (C=O) groups is 2. The number of nitrogens with one attached hydrogen (secondary N) is 2. The third kappa shape index (κ3) is 4.71. The fourth-order valence-corrected chi connectivity index (χ4v) is 3.15. The number of anilines is 1. The molecule has 1 aliphatic rings. The lowest BCUT2D eigenvalue weighted by atomic mass is 10.3. The van der Waals surface area contributed by atoms with Gasteiger partial charge in [0.25, 0.3) is 0 Å². The van der Waals surface area contributed by atoms with Crippen LogP contribution in [0.4, 0.5) is 10.5 Å². The van der Waals surface area contributed by atoms with Crippen molar-refractivity contribution in [2.45, 2.75) is 13.5 Å². The van der Waals surface area contributed by atoms with Gasteiger partial charge in [-0.25, -0.2) is 4.79 Å². The van der Waals surface area contributed by atoms with Gasteiger partial charge >= 0.3 is 6.03 Å². The molecule has 2 N–H and O–H groups in total. The predicted molar refractivity (Wildman–Crippen MR) is 95.0 cm³/mol. The fraction of sp³-hybridized carbons (Fsp3) is 0.294. The van der Waals surface area contributed by atoms with E-state index in [9.17, 15) is 9.59 Å². The van der Waals surface area contributed by atoms with Gasteiger partial charge in [-0.3, -0.25) is 15.0 Å². The Hall–Kier alpha value is -2.58. The maximum absolute atomic E-state index is 12.1. The average molecular weight is 361 g/mol. The summed E-state index contributed by atoms with van der Waals surface area (Å²) < 4.78 is 10.5. The molecule has 132 valence electrons. The monoisotopic (exact) mass is 361 g/mol. The molecule has 0 aliphatic carbocycles. The molecule has 0 saturated heterocycles. The first kappa shape index (κ1) is 17.2. The molecule has 1 aromatic carbocycles. The zero-order chi connectivity index (χ0) is 17.6. The number of urea groups is 1. The Morgan fingerprint density at radius 3 is 2.84 bits per heavy atom. The van der Waals surface area contributed by atoms with E-state index < -0.39 is 6.03 Å². The van der Waals surface area contributed by atoms with Crippen molar-refractivity contribution >= 4 is 29.0 Å². The van der Waals surface area contributed by atoms with Gasteiger partial charge in [-0.2, -0.15) is 0 Å². The summed E-state index contributed by atoms with van der Waals surface area (Å²) in [5, 5.41) is 6.96. The zero-order valence-corrected chi connectivity index (χ0v) is 14.6. The number of carbonyl (C=O) groups excluding carboxylic acids is 2. The summed E-state index contributed by atoms with van der Waals surface area (Å²) in [5.41, 5.74) is 0.528. The number of amides is 3. The molecule has 0 atom stereocenters. The summed E-state index contributed by atoms with van der Waals surface area (Å²) in [4.78, 5) is 27.2. The van der Waals surface area contributed by atoms with Crippen LogP contribution in [0, 0.1) is 0 Å². The Morgan fingerprint density at radius 1 is 1.24 bits per heavy atom. The molecule has 1 aromatic heterocycles. The number of thiophene rings is 1. The molecule has 1 aliphatic heterocycles. The van der Waals surface area contributed by atoms with Crippen LogP contribution in [-0.4, -0.2) is 36.7 Å². The fourth-order valence-electron chi connectivity index (χ4n) is 2.41. The van der Waals surface area contributed by atoms with Crippen LogP contribution < -0.4 is 20.1 Å². The Labute approximate surface area is 149 Å². The van der Waals surface area contributed by atoms with Gasteiger partial charge < -0.3 is 14.8 Å². The van der Waals surface area contributed by atoms with Crippen molar-refractivity contribution in [1.82, 2.24) is 10.2 Å². The van der Waals surface area contributed by atoms with Gasteiger partial charge in [-0.15, -0.1) is 11.3 Å². The van der Waals surface area contributed by atoms with Crippen molar-refractivity contribution < 1.29 is 19.1 Å². The highest BCUT2D eigenvalue weighted by atomic mass is 32.1. The number of likely N-dealkylation sites (N-methyl/N-ethyl adjacent to an activating group) is 1. The van der Waals surface area contributed by atoms with Gasteiger partial charge in [0.2, 0.25) is 12.7 Å². The van der Waals surface area contributed by atoms with Crippen LogP contribution in [0.25, 0.3) is 0 Å². The van der Waals surface area contributed by atoms with Crippen molar-refractivity contribution in [2.24, 2.45) is 0 Å². The van der Waals surface area contributed by atoms with E-state index in [0.29, 0.717) is 23.7 Å². The molecule has 25 heavy (non-hydrogen) atoms. The molecule has 0 radical (unpaired) electrons. The zero-order valence-electron chi connectivity index (χ0n) is 13.8. The van der Waals surface area contributed by atoms with Crippen LogP contribution >= 0.6 is 11.3 Å². The van der Waals surface area contributed by atoms with Crippen LogP contribution in [0.1, 0.15) is 11.8 Å². The molecule has 0 saturated carbocycles. The van der Waals surface area contributed by atoms with Gasteiger partial charge in [0, 0.05) is 23.2 Å². The summed E-state index contributed by atoms with van der Waals surface area (Å²) >= 11 is 1.64. The maximum atomic E-state index is 12.1. The molecule has 0 bridgehead atoms. The Morgan fingerprint density at radius 2 is 2.08 bits per heavy atom. The van der Waals surface area contributed by atoms with E-state index in [1.165, 1.54) is 4.88 Å². The number of nitrogens with zero attached hydrogens (tertiary/aromatic N) is 1. The van der Waals surface area contributed by atoms with E-state index in [2.05, 4.69) is 10.6 Å². The molecule has 2 heterocycles. The molecular formula is C17H19N3O4S. The van der Waals surface area contributed by atoms with E-state index >= 15 is 0 Å². The van der Waals surface area contributed by atoms with E-state index in [1.54, 1.807) is 29.5 Å². The number of hydrogen-bond acceptors (Lipinski definition) is 6. The Balaban J connectivity index is 1.49. The third-order valence-electron chi connectivity index (χ3n) is 3.66. The molecule has 7 nitrogen and oxygen atoms in total. The molecule has 0 unspecified atom stereocenters. The van der Waals surface area contributed by atoms with E-state index in [1.807, 2.05) is 29.3 Å². The molecule has 8 heteroatoms. The summed E-state index contributed by atoms with van der Waals surface area (Å²) in [5.74, 6) is 0.850. The van der Waals surface area contributed by atoms with Gasteiger partial charge in [0.1, 0.15) is 0 Å². The standard InChI is InChI=1S/C17H19N3O4S/c1-2-20(9-13-4-3-7-25-13)10-16(21)19-17(22)18-12-5-6-14-15(8-12)24-11-23-14/h3-8H,2,9-11H2,1H3,(H2,18,19,21,22). The van der Waals surface area contributed by atoms with Crippen molar-refractivity contribution in [3.63, 3.8) is 0 Å². The van der Waals surface area contributed by atoms with Crippen molar-refractivity contribution in [1.29, 1.82) is 0 Å². The number of rotatable bonds is 6. The number of benzene rings is 1. The topological polar surface area (TPSA) is 79.9 Å². The highest BCUT2D eigenvalue weighted by molar-refractivity contribution is 7.09. The average Bonchev–Trinajstić information content (AvgIpc) is 3.24. The second kappa shape index (κ2) is 8.00. The second-order valence-corrected chi connectivity index (χ2v) is 6.49. The second-order valence-electron chi connectivity index (χ2n) is 5.45. The van der Waals surface area contributed by atoms with Crippen molar-refractivity contribution in [3.05, 3.63) is 40.6 Å². The molecular weight excluding hydrogens is 342 g/mol. The molecule has 0 fully saturated rings. The van der Waals surface area contributed by atoms with Crippen molar-refractivity contribution in [3.8, 4) is 11.5 Å². The first-order valence-corrected chi connectivity index (χ1v) is 8.77. The minimum Gasteiger partial charge on any atom is -0.454 e. The summed E-state index contributed by atoms with van der Waals surface area (Å²) in [6, 6.07) is 8.48. The minimum absolute atomic E-state index is 0.156. The normalized spacial score (nSPS) is 12.2. The molecule has 3 rings (SSSR count). The number of ether oxygens (including phenoxy) is 2. The first-order valence-electron chi connectivity index (χ1n) is 7.89. The summed E-state index contributed by atoms with van der Waals surface area (Å²) in [7, 11) is 0. The first-order chi connectivity index (χ1) is 12.1. The van der Waals surface area contributed by atoms with Gasteiger partial charge in [-0.1, -0.05) is 13.0 Å². The Kier molecular flexibility index (Phi) is 5.52. The maximum Gasteiger partial charge on any atom is 0.325 e. The van der Waals surface area contributed by atoms with Crippen LogP contribution in [0.2, 0.25) is 0 Å². The van der Waals surface area contributed by atoms with Gasteiger partial charge in [-0.05, 0) is 30.1 Å². The van der Waals surface area contributed by atoms with Crippen LogP contribution in [0.3, 0.4) is 0 Å². The molecule has 3 amide bonds. The lowest BCUT2D eigenvalue weighted by Gasteiger charge is -2.18. The quantitative estimate of drug-likeness (QED) is 0.827. The Bertz CT molecular complexity index is 748. The number of imide groups is 1. The molecule has 0 spiro atoms. The lowest BCUT2D eigenvalue weighted by Crippen LogP contribution is -2.41. The van der Waals surface area contributed by atoms with Crippen LogP contribution in [0.15, 0.2) is 35.7 Å². The SMILES string of the molecule is CCN(CC(=O)NC(=O)Nc1ccc2c(c1)OCO2)Cc1cccs1. The van der Waals surface area contributed by atoms with Crippen molar-refractivity contribution in [2.75, 3.05) is 25.2 Å². The van der Waals surface area contributed by atoms with E-state index in [0.717, 1.165) is 6.54 Å². The predicted octanol–water partition coefficient (Wildman–Crippen LogP) is 2.65. The van der Waals surface area contributed by atoms with E-state index in [4.69, 9.17) is 9.47 Å². The smallest absolute Gasteiger partial charge is 0.325 e. The molecule has 2 aromatic rings. The highest BCUT2D eigenvalue weighted by Crippen LogP contribution is 2.34. The summed E-state index contributed by atoms with van der Waals surface area (Å²) in [6.07, 6.45) is 0. The minimum atomic E-state index is -0.573. The van der Waals surface area contributed by atoms with Crippen LogP contribution in [-0.2, 0) is 11.3 Å². The largest absolute Gasteiger partial charge is 0.454 e. The summed E-state index contributed by atoms with van der Waals surface area (Å²) in [6.45, 7) is 3.71.